The van der Waals surface area contributed by atoms with E-state index in [1.54, 1.807) is 0 Å². The highest BCUT2D eigenvalue weighted by molar-refractivity contribution is 6.30. The predicted molar refractivity (Wildman–Crippen MR) is 89.3 cm³/mol. The number of hydrogen-bond acceptors (Lipinski definition) is 2. The van der Waals surface area contributed by atoms with Crippen LogP contribution >= 0.6 is 11.6 Å². The van der Waals surface area contributed by atoms with Crippen molar-refractivity contribution in [1.82, 2.24) is 5.32 Å². The molecule has 2 rings (SSSR count). The Bertz CT molecular complexity index is 625. The van der Waals surface area contributed by atoms with Crippen LogP contribution in [0.3, 0.4) is 0 Å². The van der Waals surface area contributed by atoms with E-state index >= 15 is 0 Å². The fourth-order valence-corrected chi connectivity index (χ4v) is 2.25. The first-order chi connectivity index (χ1) is 10.6. The largest absolute Gasteiger partial charge is 0.493 e. The number of nitrogens with one attached hydrogen (secondary N) is 1. The van der Waals surface area contributed by atoms with Crippen LogP contribution in [-0.2, 0) is 4.79 Å². The normalized spacial score (nSPS) is 11.8. The Labute approximate surface area is 136 Å². The fraction of sp³-hybridized carbons (Fsp3) is 0.278. The van der Waals surface area contributed by atoms with E-state index in [1.807, 2.05) is 62.4 Å². The number of para-hydroxylation sites is 1. The molecule has 0 unspecified atom stereocenters. The molecule has 3 nitrogen and oxygen atoms in total. The highest BCUT2D eigenvalue weighted by Gasteiger charge is 2.09. The van der Waals surface area contributed by atoms with Crippen LogP contribution in [0.5, 0.6) is 5.75 Å². The van der Waals surface area contributed by atoms with Crippen molar-refractivity contribution in [3.05, 3.63) is 64.7 Å². The van der Waals surface area contributed by atoms with Gasteiger partial charge in [0.2, 0.25) is 5.91 Å². The lowest BCUT2D eigenvalue weighted by Crippen LogP contribution is -2.27. The van der Waals surface area contributed by atoms with E-state index in [2.05, 4.69) is 5.32 Å². The fourth-order valence-electron chi connectivity index (χ4n) is 2.12. The SMILES string of the molecule is Cc1ccccc1OCCC(=O)N[C@@H](C)c1ccc(Cl)cc1. The topological polar surface area (TPSA) is 38.3 Å². The van der Waals surface area contributed by atoms with Gasteiger partial charge in [-0.1, -0.05) is 41.9 Å². The van der Waals surface area contributed by atoms with Gasteiger partial charge in [0.1, 0.15) is 5.75 Å². The molecule has 0 aliphatic rings. The van der Waals surface area contributed by atoms with Gasteiger partial charge in [-0.25, -0.2) is 0 Å². The van der Waals surface area contributed by atoms with Crippen LogP contribution in [0.2, 0.25) is 5.02 Å². The van der Waals surface area contributed by atoms with Crippen molar-refractivity contribution in [2.24, 2.45) is 0 Å². The van der Waals surface area contributed by atoms with Crippen LogP contribution in [0.1, 0.15) is 30.5 Å². The zero-order valence-corrected chi connectivity index (χ0v) is 13.6. The van der Waals surface area contributed by atoms with Crippen LogP contribution in [0.25, 0.3) is 0 Å². The Morgan fingerprint density at radius 3 is 2.55 bits per heavy atom. The molecule has 2 aromatic carbocycles. The zero-order chi connectivity index (χ0) is 15.9. The van der Waals surface area contributed by atoms with Gasteiger partial charge in [0.15, 0.2) is 0 Å². The summed E-state index contributed by atoms with van der Waals surface area (Å²) in [7, 11) is 0. The summed E-state index contributed by atoms with van der Waals surface area (Å²) in [5, 5.41) is 3.64. The molecule has 1 N–H and O–H groups in total. The molecule has 1 atom stereocenters. The van der Waals surface area contributed by atoms with Crippen molar-refractivity contribution < 1.29 is 9.53 Å². The maximum Gasteiger partial charge on any atom is 0.223 e. The van der Waals surface area contributed by atoms with E-state index in [0.29, 0.717) is 18.1 Å². The third-order valence-corrected chi connectivity index (χ3v) is 3.68. The first kappa shape index (κ1) is 16.4. The number of aryl methyl sites for hydroxylation is 1. The average molecular weight is 318 g/mol. The van der Waals surface area contributed by atoms with Crippen molar-refractivity contribution in [3.63, 3.8) is 0 Å². The average Bonchev–Trinajstić information content (AvgIpc) is 2.50. The number of carbonyl (C=O) groups excluding carboxylic acids is 1. The molecule has 0 aromatic heterocycles. The summed E-state index contributed by atoms with van der Waals surface area (Å²) in [5.41, 5.74) is 2.09. The Kier molecular flexibility index (Phi) is 5.84. The maximum absolute atomic E-state index is 12.0. The number of ether oxygens (including phenoxy) is 1. The molecule has 1 amide bonds. The number of halogens is 1. The summed E-state index contributed by atoms with van der Waals surface area (Å²) < 4.78 is 5.63. The lowest BCUT2D eigenvalue weighted by Gasteiger charge is -2.15. The van der Waals surface area contributed by atoms with E-state index in [1.165, 1.54) is 0 Å². The van der Waals surface area contributed by atoms with E-state index < -0.39 is 0 Å². The summed E-state index contributed by atoms with van der Waals surface area (Å²) in [6, 6.07) is 15.2. The van der Waals surface area contributed by atoms with Crippen LogP contribution in [0.4, 0.5) is 0 Å². The van der Waals surface area contributed by atoms with Gasteiger partial charge in [-0.05, 0) is 43.2 Å². The second-order valence-electron chi connectivity index (χ2n) is 5.20. The van der Waals surface area contributed by atoms with Crippen molar-refractivity contribution in [3.8, 4) is 5.75 Å². The molecule has 0 fully saturated rings. The summed E-state index contributed by atoms with van der Waals surface area (Å²) >= 11 is 5.86. The molecular weight excluding hydrogens is 298 g/mol. The lowest BCUT2D eigenvalue weighted by molar-refractivity contribution is -0.122. The third kappa shape index (κ3) is 4.78. The number of rotatable bonds is 6. The first-order valence-electron chi connectivity index (χ1n) is 7.29. The molecule has 0 radical (unpaired) electrons. The lowest BCUT2D eigenvalue weighted by atomic mass is 10.1. The highest BCUT2D eigenvalue weighted by Crippen LogP contribution is 2.17. The van der Waals surface area contributed by atoms with Gasteiger partial charge in [0.05, 0.1) is 19.1 Å². The van der Waals surface area contributed by atoms with E-state index in [-0.39, 0.29) is 11.9 Å². The number of amides is 1. The van der Waals surface area contributed by atoms with Gasteiger partial charge in [0, 0.05) is 5.02 Å². The minimum atomic E-state index is -0.0526. The molecule has 0 bridgehead atoms. The Morgan fingerprint density at radius 1 is 1.18 bits per heavy atom. The molecule has 0 aliphatic carbocycles. The Morgan fingerprint density at radius 2 is 1.86 bits per heavy atom. The molecule has 0 aliphatic heterocycles. The van der Waals surface area contributed by atoms with Gasteiger partial charge in [0.25, 0.3) is 0 Å². The molecule has 22 heavy (non-hydrogen) atoms. The van der Waals surface area contributed by atoms with Crippen molar-refractivity contribution in [2.45, 2.75) is 26.3 Å². The summed E-state index contributed by atoms with van der Waals surface area (Å²) in [4.78, 5) is 12.0. The van der Waals surface area contributed by atoms with Gasteiger partial charge < -0.3 is 10.1 Å². The molecule has 116 valence electrons. The number of benzene rings is 2. The van der Waals surface area contributed by atoms with Crippen molar-refractivity contribution in [2.75, 3.05) is 6.61 Å². The van der Waals surface area contributed by atoms with Crippen molar-refractivity contribution in [1.29, 1.82) is 0 Å². The van der Waals surface area contributed by atoms with Crippen molar-refractivity contribution >= 4 is 17.5 Å². The molecule has 0 heterocycles. The number of carbonyl (C=O) groups is 1. The summed E-state index contributed by atoms with van der Waals surface area (Å²) in [5.74, 6) is 0.789. The Hall–Kier alpha value is -2.00. The molecular formula is C18H20ClNO2. The maximum atomic E-state index is 12.0. The van der Waals surface area contributed by atoms with Crippen LogP contribution in [0.15, 0.2) is 48.5 Å². The monoisotopic (exact) mass is 317 g/mol. The van der Waals surface area contributed by atoms with Gasteiger partial charge in [-0.3, -0.25) is 4.79 Å². The van der Waals surface area contributed by atoms with Gasteiger partial charge in [-0.2, -0.15) is 0 Å². The molecule has 4 heteroatoms. The van der Waals surface area contributed by atoms with E-state index in [4.69, 9.17) is 16.3 Å². The highest BCUT2D eigenvalue weighted by atomic mass is 35.5. The molecule has 2 aromatic rings. The minimum absolute atomic E-state index is 0.0314. The zero-order valence-electron chi connectivity index (χ0n) is 12.8. The first-order valence-corrected chi connectivity index (χ1v) is 7.67. The standard InChI is InChI=1S/C18H20ClNO2/c1-13-5-3-4-6-17(13)22-12-11-18(21)20-14(2)15-7-9-16(19)10-8-15/h3-10,14H,11-12H2,1-2H3,(H,20,21)/t14-/m0/s1. The second-order valence-corrected chi connectivity index (χ2v) is 5.64. The van der Waals surface area contributed by atoms with E-state index in [0.717, 1.165) is 16.9 Å². The van der Waals surface area contributed by atoms with Gasteiger partial charge >= 0.3 is 0 Å². The predicted octanol–water partition coefficient (Wildman–Crippen LogP) is 4.29. The summed E-state index contributed by atoms with van der Waals surface area (Å²) in [6.45, 7) is 4.30. The second kappa shape index (κ2) is 7.85. The van der Waals surface area contributed by atoms with E-state index in [9.17, 15) is 4.79 Å². The third-order valence-electron chi connectivity index (χ3n) is 3.43. The van der Waals surface area contributed by atoms with Crippen LogP contribution < -0.4 is 10.1 Å². The van der Waals surface area contributed by atoms with Gasteiger partial charge in [-0.15, -0.1) is 0 Å². The molecule has 0 saturated heterocycles. The minimum Gasteiger partial charge on any atom is -0.493 e. The quantitative estimate of drug-likeness (QED) is 0.863. The summed E-state index contributed by atoms with van der Waals surface area (Å²) in [6.07, 6.45) is 0.326. The molecule has 0 saturated carbocycles. The number of hydrogen-bond donors (Lipinski definition) is 1. The van der Waals surface area contributed by atoms with Crippen LogP contribution in [-0.4, -0.2) is 12.5 Å². The smallest absolute Gasteiger partial charge is 0.223 e. The van der Waals surface area contributed by atoms with Crippen LogP contribution in [0, 0.1) is 6.92 Å². The Balaban J connectivity index is 1.78. The molecule has 0 spiro atoms.